The van der Waals surface area contributed by atoms with Gasteiger partial charge in [0.05, 0.1) is 63.9 Å². The van der Waals surface area contributed by atoms with Crippen LogP contribution in [0.5, 0.6) is 11.5 Å². The normalized spacial score (nSPS) is 10.9. The molecule has 6 rings (SSSR count). The van der Waals surface area contributed by atoms with Crippen molar-refractivity contribution in [2.45, 2.75) is 13.8 Å². The lowest BCUT2D eigenvalue weighted by atomic mass is 9.85. The largest absolute Gasteiger partial charge is 0.493 e. The number of fused-ring (bicyclic) bond motifs is 2. The van der Waals surface area contributed by atoms with Gasteiger partial charge in [-0.05, 0) is 130 Å². The third-order valence-electron chi connectivity index (χ3n) is 9.15. The van der Waals surface area contributed by atoms with Gasteiger partial charge in [0, 0.05) is 21.2 Å². The third-order valence-corrected chi connectivity index (χ3v) is 9.62. The molecule has 0 aromatic heterocycles. The molecule has 0 bridgehead atoms. The molecule has 0 fully saturated rings. The Morgan fingerprint density at radius 3 is 1.05 bits per heavy atom. The van der Waals surface area contributed by atoms with Gasteiger partial charge in [-0.1, -0.05) is 35.3 Å². The van der Waals surface area contributed by atoms with E-state index >= 15 is 0 Å². The van der Waals surface area contributed by atoms with E-state index in [0.717, 1.165) is 0 Å². The Balaban J connectivity index is 1.75. The lowest BCUT2D eigenvalue weighted by Gasteiger charge is -2.23. The van der Waals surface area contributed by atoms with Gasteiger partial charge in [0.1, 0.15) is 11.5 Å². The van der Waals surface area contributed by atoms with E-state index in [2.05, 4.69) is 0 Å². The van der Waals surface area contributed by atoms with Crippen LogP contribution < -0.4 is 9.47 Å². The van der Waals surface area contributed by atoms with Gasteiger partial charge in [0.25, 0.3) is 0 Å². The van der Waals surface area contributed by atoms with E-state index in [-0.39, 0.29) is 35.5 Å². The topological polar surface area (TPSA) is 124 Å². The predicted octanol–water partition coefficient (Wildman–Crippen LogP) is 10.2. The number of methoxy groups -OCH3 is 4. The average molecular weight is 796 g/mol. The molecular formula is C44H36Cl2O10. The van der Waals surface area contributed by atoms with Gasteiger partial charge >= 0.3 is 23.9 Å². The molecule has 0 spiro atoms. The van der Waals surface area contributed by atoms with Crippen molar-refractivity contribution in [3.05, 3.63) is 117 Å². The second-order valence-corrected chi connectivity index (χ2v) is 13.3. The van der Waals surface area contributed by atoms with E-state index in [1.807, 2.05) is 38.1 Å². The van der Waals surface area contributed by atoms with Gasteiger partial charge in [-0.15, -0.1) is 0 Å². The zero-order chi connectivity index (χ0) is 40.3. The van der Waals surface area contributed by atoms with Crippen LogP contribution in [-0.4, -0.2) is 65.5 Å². The fraction of sp³-hybridized carbons (Fsp3) is 0.182. The first kappa shape index (κ1) is 39.6. The smallest absolute Gasteiger partial charge is 0.337 e. The predicted molar refractivity (Wildman–Crippen MR) is 215 cm³/mol. The molecule has 0 heterocycles. The van der Waals surface area contributed by atoms with Gasteiger partial charge in [-0.2, -0.15) is 0 Å². The van der Waals surface area contributed by atoms with Gasteiger partial charge < -0.3 is 28.4 Å². The Morgan fingerprint density at radius 1 is 0.446 bits per heavy atom. The molecule has 56 heavy (non-hydrogen) atoms. The summed E-state index contributed by atoms with van der Waals surface area (Å²) in [6.45, 7) is 4.29. The molecule has 6 aromatic rings. The highest BCUT2D eigenvalue weighted by Gasteiger charge is 2.26. The Labute approximate surface area is 332 Å². The summed E-state index contributed by atoms with van der Waals surface area (Å²) in [5, 5.41) is 3.66. The highest BCUT2D eigenvalue weighted by atomic mass is 35.5. The zero-order valence-electron chi connectivity index (χ0n) is 31.3. The van der Waals surface area contributed by atoms with E-state index in [0.29, 0.717) is 76.5 Å². The maximum absolute atomic E-state index is 12.8. The highest BCUT2D eigenvalue weighted by molar-refractivity contribution is 6.32. The van der Waals surface area contributed by atoms with Crippen LogP contribution in [0.2, 0.25) is 10.0 Å². The van der Waals surface area contributed by atoms with E-state index in [1.165, 1.54) is 40.6 Å². The lowest BCUT2D eigenvalue weighted by Crippen LogP contribution is -2.07. The van der Waals surface area contributed by atoms with Crippen LogP contribution in [0.3, 0.4) is 0 Å². The Bertz CT molecular complexity index is 2320. The second kappa shape index (κ2) is 16.7. The van der Waals surface area contributed by atoms with Gasteiger partial charge in [0.15, 0.2) is 0 Å². The number of ether oxygens (including phenoxy) is 6. The van der Waals surface area contributed by atoms with Crippen LogP contribution in [0.1, 0.15) is 55.3 Å². The van der Waals surface area contributed by atoms with Crippen molar-refractivity contribution in [2.75, 3.05) is 41.7 Å². The quantitative estimate of drug-likeness (QED) is 0.0925. The van der Waals surface area contributed by atoms with Crippen molar-refractivity contribution in [2.24, 2.45) is 0 Å². The fourth-order valence-corrected chi connectivity index (χ4v) is 7.13. The van der Waals surface area contributed by atoms with Crippen LogP contribution in [0, 0.1) is 0 Å². The number of rotatable bonds is 11. The van der Waals surface area contributed by atoms with Gasteiger partial charge in [-0.25, -0.2) is 19.2 Å². The molecule has 0 aliphatic heterocycles. The molecule has 0 atom stereocenters. The molecule has 0 N–H and O–H groups in total. The first-order valence-corrected chi connectivity index (χ1v) is 18.1. The molecule has 0 unspecified atom stereocenters. The summed E-state index contributed by atoms with van der Waals surface area (Å²) in [5.41, 5.74) is 4.16. The van der Waals surface area contributed by atoms with Crippen molar-refractivity contribution in [1.29, 1.82) is 0 Å². The summed E-state index contributed by atoms with van der Waals surface area (Å²) in [7, 11) is 5.04. The first-order chi connectivity index (χ1) is 27.0. The Morgan fingerprint density at radius 2 is 0.768 bits per heavy atom. The van der Waals surface area contributed by atoms with Crippen molar-refractivity contribution in [3.63, 3.8) is 0 Å². The minimum absolute atomic E-state index is 0.145. The van der Waals surface area contributed by atoms with Crippen LogP contribution >= 0.6 is 23.2 Å². The first-order valence-electron chi connectivity index (χ1n) is 17.4. The molecule has 0 amide bonds. The van der Waals surface area contributed by atoms with Crippen LogP contribution in [0.25, 0.3) is 54.9 Å². The van der Waals surface area contributed by atoms with E-state index in [4.69, 9.17) is 51.6 Å². The summed E-state index contributed by atoms with van der Waals surface area (Å²) in [5.74, 6) is -1.62. The summed E-state index contributed by atoms with van der Waals surface area (Å²) >= 11 is 13.3. The highest BCUT2D eigenvalue weighted by Crippen LogP contribution is 2.51. The molecule has 0 radical (unpaired) electrons. The summed E-state index contributed by atoms with van der Waals surface area (Å²) < 4.78 is 32.9. The van der Waals surface area contributed by atoms with E-state index in [9.17, 15) is 19.2 Å². The van der Waals surface area contributed by atoms with Crippen molar-refractivity contribution in [3.8, 4) is 44.9 Å². The number of carbonyl (C=O) groups excluding carboxylic acids is 4. The number of hydrogen-bond acceptors (Lipinski definition) is 10. The number of hydrogen-bond donors (Lipinski definition) is 0. The molecule has 10 nitrogen and oxygen atoms in total. The number of benzene rings is 6. The fourth-order valence-electron chi connectivity index (χ4n) is 6.78. The van der Waals surface area contributed by atoms with Crippen molar-refractivity contribution < 1.29 is 47.6 Å². The van der Waals surface area contributed by atoms with Crippen LogP contribution in [0.15, 0.2) is 84.9 Å². The molecule has 0 aliphatic carbocycles. The Kier molecular flexibility index (Phi) is 11.8. The SMILES string of the molecule is CCOc1cc(-c2cc(C(=O)OC)cc(C(=O)OC)c2)c2cc(Cl)ccc2c1-c1c(OCC)cc(-c2cc(C(=O)OC)cc(C(=O)OC)c2)c2cc(Cl)ccc12. The zero-order valence-corrected chi connectivity index (χ0v) is 32.8. The minimum atomic E-state index is -0.636. The standard InChI is InChI=1S/C44H36Cl2O10/c1-7-55-37-21-33(23-13-25(41(47)51-3)17-26(14-23)42(48)52-4)35-19-29(45)9-11-31(35)39(37)40-32-12-10-30(46)20-36(32)34(22-38(40)56-8-2)24-15-27(43(49)53-5)18-28(16-24)44(50)54-6/h9-22H,7-8H2,1-6H3. The molecule has 286 valence electrons. The monoisotopic (exact) mass is 794 g/mol. The van der Waals surface area contributed by atoms with E-state index < -0.39 is 23.9 Å². The second-order valence-electron chi connectivity index (χ2n) is 12.4. The summed E-state index contributed by atoms with van der Waals surface area (Å²) in [6.07, 6.45) is 0. The summed E-state index contributed by atoms with van der Waals surface area (Å²) in [4.78, 5) is 51.2. The number of halogens is 2. The maximum Gasteiger partial charge on any atom is 0.337 e. The van der Waals surface area contributed by atoms with Crippen molar-refractivity contribution >= 4 is 68.6 Å². The Hall–Kier alpha value is -6.10. The minimum Gasteiger partial charge on any atom is -0.493 e. The lowest BCUT2D eigenvalue weighted by molar-refractivity contribution is 0.0581. The van der Waals surface area contributed by atoms with Crippen molar-refractivity contribution in [1.82, 2.24) is 0 Å². The van der Waals surface area contributed by atoms with Crippen LogP contribution in [0.4, 0.5) is 0 Å². The van der Waals surface area contributed by atoms with Gasteiger partial charge in [-0.3, -0.25) is 0 Å². The van der Waals surface area contributed by atoms with Crippen LogP contribution in [-0.2, 0) is 18.9 Å². The molecule has 6 aromatic carbocycles. The average Bonchev–Trinajstić information content (AvgIpc) is 3.21. The molecule has 12 heteroatoms. The molecule has 0 saturated carbocycles. The molecule has 0 aliphatic rings. The third kappa shape index (κ3) is 7.58. The number of carbonyl (C=O) groups is 4. The van der Waals surface area contributed by atoms with Gasteiger partial charge in [0.2, 0.25) is 0 Å². The molecule has 0 saturated heterocycles. The molecular weight excluding hydrogens is 759 g/mol. The maximum atomic E-state index is 12.8. The van der Waals surface area contributed by atoms with E-state index in [1.54, 1.807) is 48.5 Å². The summed E-state index contributed by atoms with van der Waals surface area (Å²) in [6, 6.07) is 23.9. The number of esters is 4.